The number of H-pyrrole nitrogens is 1. The highest BCUT2D eigenvalue weighted by molar-refractivity contribution is 14.0. The fraction of sp³-hybridized carbons (Fsp3) is 0.278. The Balaban J connectivity index is 0.00000261. The number of aliphatic imine (C=N–C) groups is 1. The number of hydrogen-bond donors (Lipinski definition) is 3. The third-order valence-corrected chi connectivity index (χ3v) is 3.86. The van der Waals surface area contributed by atoms with Gasteiger partial charge in [-0.15, -0.1) is 24.0 Å². The number of benzene rings is 1. The summed E-state index contributed by atoms with van der Waals surface area (Å²) >= 11 is 5.90. The quantitative estimate of drug-likeness (QED) is 0.262. The molecule has 3 rings (SSSR count). The summed E-state index contributed by atoms with van der Waals surface area (Å²) in [6, 6.07) is 11.3. The number of hydrogen-bond acceptors (Lipinski definition) is 4. The molecule has 0 aliphatic rings. The zero-order valence-electron chi connectivity index (χ0n) is 14.9. The van der Waals surface area contributed by atoms with Gasteiger partial charge < -0.3 is 15.1 Å². The molecule has 27 heavy (non-hydrogen) atoms. The van der Waals surface area contributed by atoms with Crippen molar-refractivity contribution < 1.29 is 4.42 Å². The number of rotatable bonds is 7. The predicted molar refractivity (Wildman–Crippen MR) is 117 cm³/mol. The van der Waals surface area contributed by atoms with Crippen molar-refractivity contribution in [3.05, 3.63) is 59.1 Å². The van der Waals surface area contributed by atoms with Gasteiger partial charge in [0, 0.05) is 24.5 Å². The van der Waals surface area contributed by atoms with Crippen molar-refractivity contribution in [2.75, 3.05) is 13.1 Å². The number of furan rings is 1. The molecule has 0 bridgehead atoms. The molecule has 0 aliphatic carbocycles. The fourth-order valence-corrected chi connectivity index (χ4v) is 2.45. The van der Waals surface area contributed by atoms with Crippen LogP contribution < -0.4 is 10.6 Å². The van der Waals surface area contributed by atoms with Gasteiger partial charge in [0.15, 0.2) is 11.7 Å². The minimum absolute atomic E-state index is 0. The van der Waals surface area contributed by atoms with E-state index in [1.807, 2.05) is 43.3 Å². The molecule has 3 aromatic rings. The molecule has 3 N–H and O–H groups in total. The van der Waals surface area contributed by atoms with E-state index in [1.54, 1.807) is 6.26 Å². The maximum atomic E-state index is 5.90. The first-order chi connectivity index (χ1) is 12.7. The Bertz CT molecular complexity index is 832. The van der Waals surface area contributed by atoms with Crippen LogP contribution in [0.5, 0.6) is 0 Å². The zero-order valence-corrected chi connectivity index (χ0v) is 18.0. The van der Waals surface area contributed by atoms with E-state index in [1.165, 1.54) is 0 Å². The summed E-state index contributed by atoms with van der Waals surface area (Å²) in [5, 5.41) is 14.3. The summed E-state index contributed by atoms with van der Waals surface area (Å²) in [6.45, 7) is 4.08. The first kappa shape index (κ1) is 21.2. The zero-order chi connectivity index (χ0) is 18.2. The second-order valence-electron chi connectivity index (χ2n) is 5.58. The largest absolute Gasteiger partial charge is 0.461 e. The van der Waals surface area contributed by atoms with Gasteiger partial charge in [-0.05, 0) is 36.8 Å². The lowest BCUT2D eigenvalue weighted by atomic mass is 10.2. The van der Waals surface area contributed by atoms with E-state index in [0.717, 1.165) is 28.9 Å². The van der Waals surface area contributed by atoms with Gasteiger partial charge in [-0.2, -0.15) is 5.10 Å². The monoisotopic (exact) mass is 500 g/mol. The van der Waals surface area contributed by atoms with E-state index >= 15 is 0 Å². The molecule has 0 aliphatic heterocycles. The first-order valence-electron chi connectivity index (χ1n) is 8.46. The van der Waals surface area contributed by atoms with Crippen LogP contribution in [0.4, 0.5) is 0 Å². The predicted octanol–water partition coefficient (Wildman–Crippen LogP) is 3.63. The molecule has 0 unspecified atom stereocenters. The van der Waals surface area contributed by atoms with Gasteiger partial charge in [0.25, 0.3) is 0 Å². The Kier molecular flexibility index (Phi) is 8.59. The lowest BCUT2D eigenvalue weighted by Gasteiger charge is -2.10. The standard InChI is InChI=1S/C18H21ClN6O.HI/c1-2-20-18(22-12-13-5-7-14(19)8-6-13)21-10-9-16-23-17(25-24-16)15-4-3-11-26-15;/h3-8,11H,2,9-10,12H2,1H3,(H2,20,21,22)(H,23,24,25);1H. The van der Waals surface area contributed by atoms with Crippen LogP contribution in [0.3, 0.4) is 0 Å². The molecule has 0 saturated heterocycles. The molecular formula is C18H22ClIN6O. The molecule has 0 saturated carbocycles. The highest BCUT2D eigenvalue weighted by Gasteiger charge is 2.08. The van der Waals surface area contributed by atoms with E-state index in [-0.39, 0.29) is 24.0 Å². The van der Waals surface area contributed by atoms with Crippen LogP contribution in [0.25, 0.3) is 11.6 Å². The molecule has 1 aromatic carbocycles. The van der Waals surface area contributed by atoms with Crippen molar-refractivity contribution in [1.29, 1.82) is 0 Å². The van der Waals surface area contributed by atoms with Gasteiger partial charge in [-0.1, -0.05) is 23.7 Å². The van der Waals surface area contributed by atoms with Crippen molar-refractivity contribution in [3.63, 3.8) is 0 Å². The van der Waals surface area contributed by atoms with Crippen LogP contribution in [0.1, 0.15) is 18.3 Å². The lowest BCUT2D eigenvalue weighted by Crippen LogP contribution is -2.38. The molecule has 7 nitrogen and oxygen atoms in total. The molecule has 9 heteroatoms. The highest BCUT2D eigenvalue weighted by atomic mass is 127. The fourth-order valence-electron chi connectivity index (χ4n) is 2.32. The lowest BCUT2D eigenvalue weighted by molar-refractivity contribution is 0.577. The molecular weight excluding hydrogens is 479 g/mol. The average Bonchev–Trinajstić information content (AvgIpc) is 3.32. The van der Waals surface area contributed by atoms with Gasteiger partial charge in [-0.3, -0.25) is 5.10 Å². The smallest absolute Gasteiger partial charge is 0.216 e. The first-order valence-corrected chi connectivity index (χ1v) is 8.84. The Morgan fingerprint density at radius 1 is 1.22 bits per heavy atom. The molecule has 144 valence electrons. The molecule has 0 radical (unpaired) electrons. The Morgan fingerprint density at radius 2 is 2.04 bits per heavy atom. The maximum Gasteiger partial charge on any atom is 0.216 e. The van der Waals surface area contributed by atoms with Crippen molar-refractivity contribution in [1.82, 2.24) is 25.8 Å². The van der Waals surface area contributed by atoms with Crippen LogP contribution in [0, 0.1) is 0 Å². The Morgan fingerprint density at radius 3 is 2.74 bits per heavy atom. The summed E-state index contributed by atoms with van der Waals surface area (Å²) in [5.74, 6) is 2.76. The van der Waals surface area contributed by atoms with E-state index in [4.69, 9.17) is 16.0 Å². The normalized spacial score (nSPS) is 11.1. The second-order valence-corrected chi connectivity index (χ2v) is 6.02. The Hall–Kier alpha value is -2.07. The average molecular weight is 501 g/mol. The number of nitrogens with zero attached hydrogens (tertiary/aromatic N) is 3. The van der Waals surface area contributed by atoms with Gasteiger partial charge in [0.05, 0.1) is 12.8 Å². The molecule has 2 aromatic heterocycles. The van der Waals surface area contributed by atoms with Crippen LogP contribution >= 0.6 is 35.6 Å². The molecule has 0 spiro atoms. The van der Waals surface area contributed by atoms with E-state index < -0.39 is 0 Å². The van der Waals surface area contributed by atoms with Crippen molar-refractivity contribution in [2.45, 2.75) is 19.9 Å². The summed E-state index contributed by atoms with van der Waals surface area (Å²) in [5.41, 5.74) is 1.10. The van der Waals surface area contributed by atoms with Crippen LogP contribution in [-0.4, -0.2) is 34.2 Å². The molecule has 0 atom stereocenters. The highest BCUT2D eigenvalue weighted by Crippen LogP contribution is 2.14. The molecule has 0 amide bonds. The van der Waals surface area contributed by atoms with Crippen LogP contribution in [0.2, 0.25) is 5.02 Å². The second kappa shape index (κ2) is 10.9. The van der Waals surface area contributed by atoms with Gasteiger partial charge >= 0.3 is 0 Å². The third-order valence-electron chi connectivity index (χ3n) is 3.60. The van der Waals surface area contributed by atoms with E-state index in [2.05, 4.69) is 30.8 Å². The number of halogens is 2. The topological polar surface area (TPSA) is 91.1 Å². The van der Waals surface area contributed by atoms with Gasteiger partial charge in [0.1, 0.15) is 5.82 Å². The van der Waals surface area contributed by atoms with Crippen molar-refractivity contribution in [2.24, 2.45) is 4.99 Å². The molecule has 0 fully saturated rings. The van der Waals surface area contributed by atoms with Crippen LogP contribution in [-0.2, 0) is 13.0 Å². The minimum Gasteiger partial charge on any atom is -0.461 e. The summed E-state index contributed by atoms with van der Waals surface area (Å²) < 4.78 is 5.29. The third kappa shape index (κ3) is 6.55. The van der Waals surface area contributed by atoms with Crippen molar-refractivity contribution in [3.8, 4) is 11.6 Å². The number of aromatic amines is 1. The van der Waals surface area contributed by atoms with Crippen molar-refractivity contribution >= 4 is 41.5 Å². The van der Waals surface area contributed by atoms with E-state index in [0.29, 0.717) is 31.1 Å². The number of guanidine groups is 1. The van der Waals surface area contributed by atoms with Crippen LogP contribution in [0.15, 0.2) is 52.1 Å². The van der Waals surface area contributed by atoms with Gasteiger partial charge in [0.2, 0.25) is 5.82 Å². The minimum atomic E-state index is 0. The summed E-state index contributed by atoms with van der Waals surface area (Å²) in [6.07, 6.45) is 2.30. The summed E-state index contributed by atoms with van der Waals surface area (Å²) in [7, 11) is 0. The number of nitrogens with one attached hydrogen (secondary N) is 3. The Labute approximate surface area is 180 Å². The molecule has 2 heterocycles. The maximum absolute atomic E-state index is 5.90. The summed E-state index contributed by atoms with van der Waals surface area (Å²) in [4.78, 5) is 9.00. The van der Waals surface area contributed by atoms with Gasteiger partial charge in [-0.25, -0.2) is 9.98 Å². The van der Waals surface area contributed by atoms with E-state index in [9.17, 15) is 0 Å². The SMILES string of the molecule is CCNC(=NCc1ccc(Cl)cc1)NCCc1nc(-c2ccco2)n[nH]1.I. The number of aromatic nitrogens is 3.